The zero-order valence-corrected chi connectivity index (χ0v) is 10.5. The number of ether oxygens (including phenoxy) is 1. The van der Waals surface area contributed by atoms with Crippen LogP contribution in [0, 0.1) is 12.7 Å². The molecule has 0 bridgehead atoms. The molecule has 0 atom stereocenters. The van der Waals surface area contributed by atoms with Crippen LogP contribution < -0.4 is 5.32 Å². The van der Waals surface area contributed by atoms with Crippen LogP contribution in [0.4, 0.5) is 4.39 Å². The fourth-order valence-corrected chi connectivity index (χ4v) is 1.52. The molecule has 2 nitrogen and oxygen atoms in total. The van der Waals surface area contributed by atoms with Gasteiger partial charge in [-0.15, -0.1) is 0 Å². The summed E-state index contributed by atoms with van der Waals surface area (Å²) < 4.78 is 17.8. The summed E-state index contributed by atoms with van der Waals surface area (Å²) in [6, 6.07) is 4.85. The van der Waals surface area contributed by atoms with Crippen LogP contribution in [0.3, 0.4) is 0 Å². The molecule has 0 spiro atoms. The first-order valence-corrected chi connectivity index (χ1v) is 5.86. The second kappa shape index (κ2) is 7.98. The van der Waals surface area contributed by atoms with Gasteiger partial charge in [0, 0.05) is 13.7 Å². The predicted octanol–water partition coefficient (Wildman–Crippen LogP) is 2.77. The zero-order valence-electron chi connectivity index (χ0n) is 10.5. The number of nitrogens with one attached hydrogen (secondary N) is 1. The maximum Gasteiger partial charge on any atom is 0.123 e. The van der Waals surface area contributed by atoms with Gasteiger partial charge in [0.25, 0.3) is 0 Å². The Bertz CT molecular complexity index is 363. The van der Waals surface area contributed by atoms with Crippen molar-refractivity contribution in [2.45, 2.75) is 13.3 Å². The quantitative estimate of drug-likeness (QED) is 0.736. The van der Waals surface area contributed by atoms with E-state index in [-0.39, 0.29) is 5.82 Å². The van der Waals surface area contributed by atoms with E-state index in [1.807, 2.05) is 13.0 Å². The van der Waals surface area contributed by atoms with Gasteiger partial charge in [0.05, 0.1) is 6.61 Å². The molecule has 94 valence electrons. The first kappa shape index (κ1) is 13.9. The zero-order chi connectivity index (χ0) is 12.5. The highest BCUT2D eigenvalue weighted by Crippen LogP contribution is 2.11. The van der Waals surface area contributed by atoms with Crippen molar-refractivity contribution in [3.63, 3.8) is 0 Å². The summed E-state index contributed by atoms with van der Waals surface area (Å²) in [5.41, 5.74) is 2.04. The maximum atomic E-state index is 12.9. The lowest BCUT2D eigenvalue weighted by Crippen LogP contribution is -2.19. The highest BCUT2D eigenvalue weighted by Gasteiger charge is 1.95. The van der Waals surface area contributed by atoms with Crippen molar-refractivity contribution in [2.24, 2.45) is 0 Å². The number of hydrogen-bond donors (Lipinski definition) is 1. The smallest absolute Gasteiger partial charge is 0.123 e. The van der Waals surface area contributed by atoms with E-state index in [1.54, 1.807) is 19.2 Å². The van der Waals surface area contributed by atoms with Crippen LogP contribution in [0.2, 0.25) is 0 Å². The fraction of sp³-hybridized carbons (Fsp3) is 0.429. The van der Waals surface area contributed by atoms with E-state index >= 15 is 0 Å². The van der Waals surface area contributed by atoms with Gasteiger partial charge in [-0.1, -0.05) is 18.2 Å². The second-order valence-electron chi connectivity index (χ2n) is 3.93. The Morgan fingerprint density at radius 1 is 1.35 bits per heavy atom. The summed E-state index contributed by atoms with van der Waals surface area (Å²) in [4.78, 5) is 0. The van der Waals surface area contributed by atoms with Crippen LogP contribution in [0.5, 0.6) is 0 Å². The molecule has 0 unspecified atom stereocenters. The van der Waals surface area contributed by atoms with Gasteiger partial charge in [-0.2, -0.15) is 0 Å². The molecule has 0 saturated carbocycles. The summed E-state index contributed by atoms with van der Waals surface area (Å²) in [7, 11) is 1.69. The van der Waals surface area contributed by atoms with Gasteiger partial charge in [0.15, 0.2) is 0 Å². The Kier molecular flexibility index (Phi) is 6.51. The normalized spacial score (nSPS) is 11.2. The van der Waals surface area contributed by atoms with Gasteiger partial charge in [0.2, 0.25) is 0 Å². The van der Waals surface area contributed by atoms with Crippen LogP contribution in [0.1, 0.15) is 17.5 Å². The lowest BCUT2D eigenvalue weighted by Gasteiger charge is -2.02. The molecule has 0 aliphatic rings. The molecule has 1 rings (SSSR count). The monoisotopic (exact) mass is 237 g/mol. The third-order valence-electron chi connectivity index (χ3n) is 2.50. The van der Waals surface area contributed by atoms with Gasteiger partial charge in [-0.25, -0.2) is 4.39 Å². The average molecular weight is 237 g/mol. The summed E-state index contributed by atoms with van der Waals surface area (Å²) in [6.45, 7) is 4.46. The Morgan fingerprint density at radius 2 is 2.18 bits per heavy atom. The van der Waals surface area contributed by atoms with Crippen molar-refractivity contribution < 1.29 is 9.13 Å². The van der Waals surface area contributed by atoms with Gasteiger partial charge < -0.3 is 10.1 Å². The van der Waals surface area contributed by atoms with Gasteiger partial charge in [-0.05, 0) is 43.1 Å². The first-order valence-electron chi connectivity index (χ1n) is 5.86. The minimum atomic E-state index is -0.180. The minimum Gasteiger partial charge on any atom is -0.383 e. The number of halogens is 1. The molecule has 1 aromatic carbocycles. The molecule has 1 aromatic rings. The van der Waals surface area contributed by atoms with Gasteiger partial charge >= 0.3 is 0 Å². The number of methoxy groups -OCH3 is 1. The molecule has 0 radical (unpaired) electrons. The topological polar surface area (TPSA) is 21.3 Å². The molecule has 3 heteroatoms. The van der Waals surface area contributed by atoms with Crippen molar-refractivity contribution in [3.8, 4) is 0 Å². The van der Waals surface area contributed by atoms with Crippen molar-refractivity contribution in [3.05, 3.63) is 41.2 Å². The van der Waals surface area contributed by atoms with Crippen LogP contribution in [-0.4, -0.2) is 26.8 Å². The Labute approximate surface area is 102 Å². The minimum absolute atomic E-state index is 0.180. The Hall–Kier alpha value is -1.19. The molecule has 0 aliphatic carbocycles. The molecule has 0 fully saturated rings. The highest BCUT2D eigenvalue weighted by atomic mass is 19.1. The molecule has 0 aliphatic heterocycles. The highest BCUT2D eigenvalue weighted by molar-refractivity contribution is 5.53. The van der Waals surface area contributed by atoms with Crippen molar-refractivity contribution in [1.29, 1.82) is 0 Å². The summed E-state index contributed by atoms with van der Waals surface area (Å²) in [5.74, 6) is -0.180. The van der Waals surface area contributed by atoms with Gasteiger partial charge in [0.1, 0.15) is 5.82 Å². The van der Waals surface area contributed by atoms with Crippen molar-refractivity contribution >= 4 is 6.08 Å². The summed E-state index contributed by atoms with van der Waals surface area (Å²) in [6.07, 6.45) is 5.09. The molecule has 0 amide bonds. The van der Waals surface area contributed by atoms with Crippen LogP contribution in [0.25, 0.3) is 6.08 Å². The summed E-state index contributed by atoms with van der Waals surface area (Å²) in [5, 5.41) is 3.26. The maximum absolute atomic E-state index is 12.9. The van der Waals surface area contributed by atoms with E-state index < -0.39 is 0 Å². The third-order valence-corrected chi connectivity index (χ3v) is 2.50. The molecule has 1 N–H and O–H groups in total. The van der Waals surface area contributed by atoms with E-state index in [4.69, 9.17) is 4.74 Å². The van der Waals surface area contributed by atoms with Crippen LogP contribution >= 0.6 is 0 Å². The second-order valence-corrected chi connectivity index (χ2v) is 3.93. The van der Waals surface area contributed by atoms with Crippen molar-refractivity contribution in [1.82, 2.24) is 5.32 Å². The van der Waals surface area contributed by atoms with Crippen molar-refractivity contribution in [2.75, 3.05) is 26.8 Å². The standard InChI is InChI=1S/C14H20FNO/c1-12-11-14(15)7-6-13(12)5-3-4-8-16-9-10-17-2/h3,5-7,11,16H,4,8-10H2,1-2H3. The summed E-state index contributed by atoms with van der Waals surface area (Å²) >= 11 is 0. The number of benzene rings is 1. The molecule has 0 heterocycles. The van der Waals surface area contributed by atoms with E-state index in [1.165, 1.54) is 6.07 Å². The molecule has 0 saturated heterocycles. The lowest BCUT2D eigenvalue weighted by molar-refractivity contribution is 0.199. The van der Waals surface area contributed by atoms with E-state index in [0.29, 0.717) is 0 Å². The predicted molar refractivity (Wildman–Crippen MR) is 69.5 cm³/mol. The largest absolute Gasteiger partial charge is 0.383 e. The lowest BCUT2D eigenvalue weighted by atomic mass is 10.1. The number of rotatable bonds is 7. The van der Waals surface area contributed by atoms with E-state index in [2.05, 4.69) is 11.4 Å². The molecule has 0 aromatic heterocycles. The molecular weight excluding hydrogens is 217 g/mol. The van der Waals surface area contributed by atoms with Gasteiger partial charge in [-0.3, -0.25) is 0 Å². The van der Waals surface area contributed by atoms with Crippen LogP contribution in [-0.2, 0) is 4.74 Å². The number of aryl methyl sites for hydroxylation is 1. The molecule has 17 heavy (non-hydrogen) atoms. The SMILES string of the molecule is COCCNCCC=Cc1ccc(F)cc1C. The Balaban J connectivity index is 2.28. The van der Waals surface area contributed by atoms with E-state index in [9.17, 15) is 4.39 Å². The van der Waals surface area contributed by atoms with Crippen LogP contribution in [0.15, 0.2) is 24.3 Å². The Morgan fingerprint density at radius 3 is 2.88 bits per heavy atom. The molecular formula is C14H20FNO. The average Bonchev–Trinajstić information content (AvgIpc) is 2.30. The van der Waals surface area contributed by atoms with E-state index in [0.717, 1.165) is 37.2 Å². The third kappa shape index (κ3) is 5.61. The first-order chi connectivity index (χ1) is 8.24. The number of hydrogen-bond acceptors (Lipinski definition) is 2. The fourth-order valence-electron chi connectivity index (χ4n) is 1.52.